The fourth-order valence-corrected chi connectivity index (χ4v) is 2.48. The van der Waals surface area contributed by atoms with Gasteiger partial charge in [-0.15, -0.1) is 11.8 Å². The minimum absolute atomic E-state index is 0.0675. The summed E-state index contributed by atoms with van der Waals surface area (Å²) in [6.45, 7) is 2.46. The van der Waals surface area contributed by atoms with Gasteiger partial charge in [0, 0.05) is 18.1 Å². The quantitative estimate of drug-likeness (QED) is 0.601. The van der Waals surface area contributed by atoms with Crippen LogP contribution in [0.4, 0.5) is 0 Å². The molecular formula is C14H16N2O2S. The Morgan fingerprint density at radius 2 is 2.21 bits per heavy atom. The lowest BCUT2D eigenvalue weighted by atomic mass is 10.1. The number of aryl methyl sites for hydroxylation is 1. The van der Waals surface area contributed by atoms with E-state index in [2.05, 4.69) is 5.10 Å². The first-order valence-electron chi connectivity index (χ1n) is 6.07. The number of hydrogen-bond donors (Lipinski definition) is 0. The van der Waals surface area contributed by atoms with E-state index in [0.29, 0.717) is 23.7 Å². The molecule has 0 aliphatic carbocycles. The van der Waals surface area contributed by atoms with E-state index in [1.807, 2.05) is 38.4 Å². The second-order valence-electron chi connectivity index (χ2n) is 3.99. The van der Waals surface area contributed by atoms with E-state index >= 15 is 0 Å². The normalized spacial score (nSPS) is 10.4. The van der Waals surface area contributed by atoms with Crippen LogP contribution < -0.4 is 4.74 Å². The molecule has 0 bridgehead atoms. The first kappa shape index (κ1) is 13.7. The minimum atomic E-state index is 0.0675. The highest BCUT2D eigenvalue weighted by molar-refractivity contribution is 8.00. The van der Waals surface area contributed by atoms with Crippen LogP contribution in [-0.4, -0.2) is 27.9 Å². The third-order valence-corrected chi connectivity index (χ3v) is 3.49. The third-order valence-electron chi connectivity index (χ3n) is 2.54. The van der Waals surface area contributed by atoms with E-state index in [4.69, 9.17) is 4.74 Å². The average molecular weight is 276 g/mol. The number of nitrogens with zero attached hydrogens (tertiary/aromatic N) is 2. The average Bonchev–Trinajstić information content (AvgIpc) is 2.83. The van der Waals surface area contributed by atoms with E-state index in [1.165, 1.54) is 11.8 Å². The Hall–Kier alpha value is -1.75. The molecule has 2 aromatic rings. The molecule has 2 rings (SSSR count). The number of rotatable bonds is 6. The second kappa shape index (κ2) is 6.43. The molecule has 0 aliphatic rings. The third kappa shape index (κ3) is 3.61. The van der Waals surface area contributed by atoms with Crippen LogP contribution in [0, 0.1) is 0 Å². The molecule has 0 aliphatic heterocycles. The molecule has 0 saturated carbocycles. The van der Waals surface area contributed by atoms with Gasteiger partial charge in [0.1, 0.15) is 5.75 Å². The maximum Gasteiger partial charge on any atom is 0.176 e. The van der Waals surface area contributed by atoms with E-state index < -0.39 is 0 Å². The Kier molecular flexibility index (Phi) is 4.63. The van der Waals surface area contributed by atoms with Crippen molar-refractivity contribution in [1.29, 1.82) is 0 Å². The lowest BCUT2D eigenvalue weighted by Crippen LogP contribution is -2.06. The van der Waals surface area contributed by atoms with Crippen molar-refractivity contribution in [2.45, 2.75) is 11.8 Å². The van der Waals surface area contributed by atoms with Crippen molar-refractivity contribution in [2.75, 3.05) is 12.4 Å². The van der Waals surface area contributed by atoms with Gasteiger partial charge in [-0.05, 0) is 19.1 Å². The number of thioether (sulfide) groups is 1. The second-order valence-corrected chi connectivity index (χ2v) is 5.04. The van der Waals surface area contributed by atoms with Crippen LogP contribution >= 0.6 is 11.8 Å². The van der Waals surface area contributed by atoms with Gasteiger partial charge in [-0.1, -0.05) is 12.1 Å². The van der Waals surface area contributed by atoms with E-state index in [-0.39, 0.29) is 5.78 Å². The smallest absolute Gasteiger partial charge is 0.176 e. The van der Waals surface area contributed by atoms with E-state index in [0.717, 1.165) is 4.90 Å². The van der Waals surface area contributed by atoms with Gasteiger partial charge in [-0.3, -0.25) is 9.48 Å². The monoisotopic (exact) mass is 276 g/mol. The van der Waals surface area contributed by atoms with Crippen molar-refractivity contribution >= 4 is 17.5 Å². The minimum Gasteiger partial charge on any atom is -0.493 e. The standard InChI is InChI=1S/C14H16N2O2S/c1-3-18-14-7-5-4-6-12(14)13(17)10-19-11-8-15-16(2)9-11/h4-9H,3,10H2,1-2H3. The zero-order chi connectivity index (χ0) is 13.7. The van der Waals surface area contributed by atoms with Crippen molar-refractivity contribution in [1.82, 2.24) is 9.78 Å². The SMILES string of the molecule is CCOc1ccccc1C(=O)CSc1cnn(C)c1. The number of ketones is 1. The molecule has 0 atom stereocenters. The Morgan fingerprint density at radius 3 is 2.89 bits per heavy atom. The molecular weight excluding hydrogens is 260 g/mol. The number of para-hydroxylation sites is 1. The Labute approximate surface area is 116 Å². The van der Waals surface area contributed by atoms with Crippen LogP contribution in [-0.2, 0) is 7.05 Å². The number of ether oxygens (including phenoxy) is 1. The van der Waals surface area contributed by atoms with Crippen molar-refractivity contribution in [3.63, 3.8) is 0 Å². The van der Waals surface area contributed by atoms with E-state index in [1.54, 1.807) is 16.9 Å². The molecule has 0 radical (unpaired) electrons. The zero-order valence-corrected chi connectivity index (χ0v) is 11.8. The predicted molar refractivity (Wildman–Crippen MR) is 75.9 cm³/mol. The number of aromatic nitrogens is 2. The molecule has 0 amide bonds. The van der Waals surface area contributed by atoms with Gasteiger partial charge < -0.3 is 4.74 Å². The molecule has 0 fully saturated rings. The highest BCUT2D eigenvalue weighted by atomic mass is 32.2. The molecule has 1 aromatic heterocycles. The Morgan fingerprint density at radius 1 is 1.42 bits per heavy atom. The van der Waals surface area contributed by atoms with Gasteiger partial charge in [-0.2, -0.15) is 5.10 Å². The van der Waals surface area contributed by atoms with Crippen LogP contribution in [0.15, 0.2) is 41.6 Å². The first-order valence-corrected chi connectivity index (χ1v) is 7.05. The molecule has 100 valence electrons. The van der Waals surface area contributed by atoms with Crippen molar-refractivity contribution < 1.29 is 9.53 Å². The van der Waals surface area contributed by atoms with Crippen LogP contribution in [0.2, 0.25) is 0 Å². The van der Waals surface area contributed by atoms with Gasteiger partial charge in [0.25, 0.3) is 0 Å². The summed E-state index contributed by atoms with van der Waals surface area (Å²) >= 11 is 1.48. The van der Waals surface area contributed by atoms with Crippen LogP contribution in [0.3, 0.4) is 0 Å². The number of Topliss-reactive ketones (excluding diaryl/α,β-unsaturated/α-hetero) is 1. The van der Waals surface area contributed by atoms with Crippen LogP contribution in [0.25, 0.3) is 0 Å². The number of carbonyl (C=O) groups is 1. The van der Waals surface area contributed by atoms with Crippen molar-refractivity contribution in [3.05, 3.63) is 42.2 Å². The molecule has 0 unspecified atom stereocenters. The first-order chi connectivity index (χ1) is 9.20. The van der Waals surface area contributed by atoms with Crippen molar-refractivity contribution in [2.24, 2.45) is 7.05 Å². The van der Waals surface area contributed by atoms with Gasteiger partial charge in [0.2, 0.25) is 0 Å². The van der Waals surface area contributed by atoms with Crippen molar-refractivity contribution in [3.8, 4) is 5.75 Å². The molecule has 1 aromatic carbocycles. The van der Waals surface area contributed by atoms with Crippen LogP contribution in [0.1, 0.15) is 17.3 Å². The molecule has 5 heteroatoms. The molecule has 0 N–H and O–H groups in total. The number of hydrogen-bond acceptors (Lipinski definition) is 4. The van der Waals surface area contributed by atoms with Gasteiger partial charge in [-0.25, -0.2) is 0 Å². The van der Waals surface area contributed by atoms with E-state index in [9.17, 15) is 4.79 Å². The Balaban J connectivity index is 2.03. The Bertz CT molecular complexity index is 566. The maximum absolute atomic E-state index is 12.2. The zero-order valence-electron chi connectivity index (χ0n) is 11.0. The molecule has 4 nitrogen and oxygen atoms in total. The fraction of sp³-hybridized carbons (Fsp3) is 0.286. The predicted octanol–water partition coefficient (Wildman–Crippen LogP) is 2.79. The lowest BCUT2D eigenvalue weighted by Gasteiger charge is -2.08. The number of benzene rings is 1. The highest BCUT2D eigenvalue weighted by Crippen LogP contribution is 2.23. The van der Waals surface area contributed by atoms with Gasteiger partial charge in [0.05, 0.1) is 24.1 Å². The summed E-state index contributed by atoms with van der Waals surface area (Å²) in [7, 11) is 1.86. The summed E-state index contributed by atoms with van der Waals surface area (Å²) in [6.07, 6.45) is 3.65. The molecule has 0 saturated heterocycles. The fourth-order valence-electron chi connectivity index (χ4n) is 1.68. The summed E-state index contributed by atoms with van der Waals surface area (Å²) < 4.78 is 7.19. The van der Waals surface area contributed by atoms with Crippen LogP contribution in [0.5, 0.6) is 5.75 Å². The summed E-state index contributed by atoms with van der Waals surface area (Å²) in [4.78, 5) is 13.2. The summed E-state index contributed by atoms with van der Waals surface area (Å²) in [5.41, 5.74) is 0.640. The highest BCUT2D eigenvalue weighted by Gasteiger charge is 2.12. The molecule has 0 spiro atoms. The summed E-state index contributed by atoms with van der Waals surface area (Å²) in [6, 6.07) is 7.35. The topological polar surface area (TPSA) is 44.1 Å². The lowest BCUT2D eigenvalue weighted by molar-refractivity contribution is 0.101. The van der Waals surface area contributed by atoms with Gasteiger partial charge >= 0.3 is 0 Å². The largest absolute Gasteiger partial charge is 0.493 e. The molecule has 1 heterocycles. The maximum atomic E-state index is 12.2. The summed E-state index contributed by atoms with van der Waals surface area (Å²) in [5.74, 6) is 1.11. The number of carbonyl (C=O) groups excluding carboxylic acids is 1. The summed E-state index contributed by atoms with van der Waals surface area (Å²) in [5, 5.41) is 4.07. The molecule has 19 heavy (non-hydrogen) atoms. The van der Waals surface area contributed by atoms with Gasteiger partial charge in [0.15, 0.2) is 5.78 Å².